The summed E-state index contributed by atoms with van der Waals surface area (Å²) >= 11 is 0. The molecular formula is C24H25NO5S. The minimum atomic E-state index is -4.15. The number of aryl methyl sites for hydroxylation is 2. The van der Waals surface area contributed by atoms with Crippen LogP contribution in [0.4, 0.5) is 5.69 Å². The van der Waals surface area contributed by atoms with Crippen LogP contribution in [0.3, 0.4) is 0 Å². The molecule has 0 atom stereocenters. The summed E-state index contributed by atoms with van der Waals surface area (Å²) in [6.07, 6.45) is 0. The summed E-state index contributed by atoms with van der Waals surface area (Å²) in [5, 5.41) is 0. The Balaban J connectivity index is 1.97. The van der Waals surface area contributed by atoms with E-state index in [1.54, 1.807) is 30.3 Å². The van der Waals surface area contributed by atoms with Gasteiger partial charge in [-0.25, -0.2) is 8.42 Å². The Labute approximate surface area is 183 Å². The van der Waals surface area contributed by atoms with Gasteiger partial charge in [0, 0.05) is 0 Å². The fourth-order valence-electron chi connectivity index (χ4n) is 3.03. The zero-order chi connectivity index (χ0) is 22.6. The first-order chi connectivity index (χ1) is 14.7. The first kappa shape index (κ1) is 22.4. The van der Waals surface area contributed by atoms with E-state index in [4.69, 9.17) is 9.47 Å². The van der Waals surface area contributed by atoms with Gasteiger partial charge < -0.3 is 9.47 Å². The molecular weight excluding hydrogens is 414 g/mol. The number of anilines is 1. The van der Waals surface area contributed by atoms with Gasteiger partial charge in [-0.15, -0.1) is 0 Å². The molecule has 7 heteroatoms. The van der Waals surface area contributed by atoms with Crippen LogP contribution in [0.15, 0.2) is 71.6 Å². The highest BCUT2D eigenvalue weighted by Crippen LogP contribution is 2.27. The van der Waals surface area contributed by atoms with Crippen LogP contribution in [0.5, 0.6) is 11.5 Å². The lowest BCUT2D eigenvalue weighted by Gasteiger charge is -2.23. The minimum absolute atomic E-state index is 0.0222. The van der Waals surface area contributed by atoms with Gasteiger partial charge in [-0.1, -0.05) is 29.8 Å². The predicted molar refractivity (Wildman–Crippen MR) is 120 cm³/mol. The zero-order valence-corrected chi connectivity index (χ0v) is 18.8. The van der Waals surface area contributed by atoms with E-state index in [1.807, 2.05) is 32.9 Å². The summed E-state index contributed by atoms with van der Waals surface area (Å²) in [6, 6.07) is 18.1. The molecule has 0 fully saturated rings. The van der Waals surface area contributed by atoms with Crippen LogP contribution in [0.25, 0.3) is 0 Å². The molecule has 31 heavy (non-hydrogen) atoms. The Morgan fingerprint density at radius 1 is 0.903 bits per heavy atom. The van der Waals surface area contributed by atoms with Crippen molar-refractivity contribution in [3.8, 4) is 11.5 Å². The Bertz CT molecular complexity index is 1170. The Morgan fingerprint density at radius 2 is 1.55 bits per heavy atom. The molecule has 0 bridgehead atoms. The molecule has 162 valence electrons. The molecule has 0 aliphatic rings. The normalized spacial score (nSPS) is 11.1. The van der Waals surface area contributed by atoms with Crippen LogP contribution in [0.1, 0.15) is 16.7 Å². The van der Waals surface area contributed by atoms with E-state index in [1.165, 1.54) is 31.4 Å². The van der Waals surface area contributed by atoms with E-state index in [-0.39, 0.29) is 10.6 Å². The van der Waals surface area contributed by atoms with Crippen LogP contribution in [-0.4, -0.2) is 28.0 Å². The van der Waals surface area contributed by atoms with E-state index in [2.05, 4.69) is 0 Å². The minimum Gasteiger partial charge on any atom is -0.497 e. The molecule has 0 aliphatic heterocycles. The lowest BCUT2D eigenvalue weighted by molar-refractivity contribution is -0.119. The highest BCUT2D eigenvalue weighted by atomic mass is 32.2. The lowest BCUT2D eigenvalue weighted by Crippen LogP contribution is -2.40. The maximum Gasteiger partial charge on any atom is 0.278 e. The van der Waals surface area contributed by atoms with Gasteiger partial charge in [0.15, 0.2) is 6.61 Å². The van der Waals surface area contributed by atoms with Gasteiger partial charge in [0.1, 0.15) is 11.5 Å². The highest BCUT2D eigenvalue weighted by Gasteiger charge is 2.31. The summed E-state index contributed by atoms with van der Waals surface area (Å²) in [4.78, 5) is 13.2. The molecule has 0 saturated heterocycles. The molecule has 0 radical (unpaired) electrons. The predicted octanol–water partition coefficient (Wildman–Crippen LogP) is 4.42. The number of rotatable bonds is 7. The van der Waals surface area contributed by atoms with Crippen molar-refractivity contribution in [1.82, 2.24) is 0 Å². The van der Waals surface area contributed by atoms with Crippen molar-refractivity contribution in [3.05, 3.63) is 83.4 Å². The number of hydrogen-bond donors (Lipinski definition) is 0. The van der Waals surface area contributed by atoms with Gasteiger partial charge in [-0.2, -0.15) is 4.31 Å². The van der Waals surface area contributed by atoms with Crippen molar-refractivity contribution in [1.29, 1.82) is 0 Å². The first-order valence-corrected chi connectivity index (χ1v) is 11.2. The smallest absolute Gasteiger partial charge is 0.278 e. The Kier molecular flexibility index (Phi) is 6.65. The second kappa shape index (κ2) is 9.22. The molecule has 3 rings (SSSR count). The summed E-state index contributed by atoms with van der Waals surface area (Å²) in [7, 11) is -2.64. The second-order valence-electron chi connectivity index (χ2n) is 7.16. The molecule has 0 heterocycles. The van der Waals surface area contributed by atoms with Crippen molar-refractivity contribution in [2.45, 2.75) is 25.7 Å². The quantitative estimate of drug-likeness (QED) is 0.545. The first-order valence-electron chi connectivity index (χ1n) is 9.72. The highest BCUT2D eigenvalue weighted by molar-refractivity contribution is 7.93. The molecule has 1 amide bonds. The van der Waals surface area contributed by atoms with Crippen LogP contribution < -0.4 is 13.8 Å². The molecule has 0 unspecified atom stereocenters. The largest absolute Gasteiger partial charge is 0.497 e. The van der Waals surface area contributed by atoms with Gasteiger partial charge in [0.2, 0.25) is 0 Å². The molecule has 0 saturated carbocycles. The van der Waals surface area contributed by atoms with E-state index in [0.29, 0.717) is 11.5 Å². The average Bonchev–Trinajstić information content (AvgIpc) is 2.75. The number of carbonyl (C=O) groups excluding carboxylic acids is 1. The van der Waals surface area contributed by atoms with E-state index in [9.17, 15) is 13.2 Å². The summed E-state index contributed by atoms with van der Waals surface area (Å²) in [5.74, 6) is 0.387. The molecule has 3 aromatic carbocycles. The monoisotopic (exact) mass is 439 g/mol. The van der Waals surface area contributed by atoms with E-state index in [0.717, 1.165) is 21.0 Å². The van der Waals surface area contributed by atoms with Gasteiger partial charge in [-0.3, -0.25) is 4.79 Å². The number of sulfonamides is 1. The second-order valence-corrected chi connectivity index (χ2v) is 8.95. The number of methoxy groups -OCH3 is 1. The topological polar surface area (TPSA) is 72.9 Å². The molecule has 0 aromatic heterocycles. The summed E-state index contributed by atoms with van der Waals surface area (Å²) < 4.78 is 38.4. The number of amides is 1. The van der Waals surface area contributed by atoms with Crippen LogP contribution in [0, 0.1) is 20.8 Å². The van der Waals surface area contributed by atoms with Crippen molar-refractivity contribution in [2.75, 3.05) is 18.0 Å². The SMILES string of the molecule is COc1ccc(N(C(=O)COc2cccc(C)c2C)S(=O)(=O)c2ccc(C)cc2)cc1. The number of hydrogen-bond acceptors (Lipinski definition) is 5. The Morgan fingerprint density at radius 3 is 2.16 bits per heavy atom. The van der Waals surface area contributed by atoms with Crippen molar-refractivity contribution < 1.29 is 22.7 Å². The fraction of sp³-hybridized carbons (Fsp3) is 0.208. The maximum absolute atomic E-state index is 13.4. The third-order valence-corrected chi connectivity index (χ3v) is 6.76. The van der Waals surface area contributed by atoms with Gasteiger partial charge in [0.25, 0.3) is 15.9 Å². The maximum atomic E-state index is 13.4. The fourth-order valence-corrected chi connectivity index (χ4v) is 4.44. The third kappa shape index (κ3) is 4.88. The van der Waals surface area contributed by atoms with E-state index < -0.39 is 22.5 Å². The molecule has 0 aliphatic carbocycles. The molecule has 0 N–H and O–H groups in total. The van der Waals surface area contributed by atoms with Gasteiger partial charge in [-0.05, 0) is 74.4 Å². The van der Waals surface area contributed by atoms with Crippen LogP contribution in [0.2, 0.25) is 0 Å². The number of ether oxygens (including phenoxy) is 2. The molecule has 3 aromatic rings. The van der Waals surface area contributed by atoms with Crippen molar-refractivity contribution >= 4 is 21.6 Å². The van der Waals surface area contributed by atoms with Crippen LogP contribution >= 0.6 is 0 Å². The van der Waals surface area contributed by atoms with Crippen molar-refractivity contribution in [2.24, 2.45) is 0 Å². The summed E-state index contributed by atoms with van der Waals surface area (Å²) in [5.41, 5.74) is 3.03. The van der Waals surface area contributed by atoms with Crippen LogP contribution in [-0.2, 0) is 14.8 Å². The number of nitrogens with zero attached hydrogens (tertiary/aromatic N) is 1. The van der Waals surface area contributed by atoms with Gasteiger partial charge in [0.05, 0.1) is 17.7 Å². The van der Waals surface area contributed by atoms with E-state index >= 15 is 0 Å². The lowest BCUT2D eigenvalue weighted by atomic mass is 10.1. The number of carbonyl (C=O) groups is 1. The standard InChI is InChI=1S/C24H25NO5S/c1-17-8-14-22(15-9-17)31(27,28)25(20-10-12-21(29-4)13-11-20)24(26)16-30-23-7-5-6-18(2)19(23)3/h5-15H,16H2,1-4H3. The zero-order valence-electron chi connectivity index (χ0n) is 18.0. The average molecular weight is 440 g/mol. The molecule has 6 nitrogen and oxygen atoms in total. The Hall–Kier alpha value is -3.32. The molecule has 0 spiro atoms. The summed E-state index contributed by atoms with van der Waals surface area (Å²) in [6.45, 7) is 5.26. The number of benzene rings is 3. The van der Waals surface area contributed by atoms with Crippen molar-refractivity contribution in [3.63, 3.8) is 0 Å². The third-order valence-electron chi connectivity index (χ3n) is 5.00. The van der Waals surface area contributed by atoms with Gasteiger partial charge >= 0.3 is 0 Å².